The summed E-state index contributed by atoms with van der Waals surface area (Å²) >= 11 is 1.61. The zero-order valence-corrected chi connectivity index (χ0v) is 12.6. The Balaban J connectivity index is 3.04. The molecule has 2 atom stereocenters. The molecule has 18 heavy (non-hydrogen) atoms. The first-order chi connectivity index (χ1) is 8.49. The second kappa shape index (κ2) is 6.95. The number of aromatic nitrogens is 2. The van der Waals surface area contributed by atoms with Gasteiger partial charge in [0, 0.05) is 24.3 Å². The molecule has 0 aliphatic carbocycles. The predicted molar refractivity (Wildman–Crippen MR) is 77.3 cm³/mol. The van der Waals surface area contributed by atoms with E-state index in [1.165, 1.54) is 0 Å². The SMILES string of the molecule is CCCc1nc(NC)c(C)c(SC(C)C(C)O)n1. The van der Waals surface area contributed by atoms with Crippen molar-refractivity contribution in [3.8, 4) is 0 Å². The fourth-order valence-electron chi connectivity index (χ4n) is 1.51. The molecule has 2 N–H and O–H groups in total. The number of nitrogens with zero attached hydrogens (tertiary/aromatic N) is 2. The summed E-state index contributed by atoms with van der Waals surface area (Å²) in [6.45, 7) is 7.95. The molecule has 1 aromatic heterocycles. The fraction of sp³-hybridized carbons (Fsp3) is 0.692. The van der Waals surface area contributed by atoms with Gasteiger partial charge in [0.1, 0.15) is 16.7 Å². The van der Waals surface area contributed by atoms with Crippen molar-refractivity contribution < 1.29 is 5.11 Å². The minimum atomic E-state index is -0.350. The lowest BCUT2D eigenvalue weighted by Crippen LogP contribution is -2.16. The third-order valence-electron chi connectivity index (χ3n) is 2.83. The van der Waals surface area contributed by atoms with Crippen LogP contribution in [0.3, 0.4) is 0 Å². The number of aryl methyl sites for hydroxylation is 1. The first-order valence-corrected chi connectivity index (χ1v) is 7.27. The summed E-state index contributed by atoms with van der Waals surface area (Å²) in [5.41, 5.74) is 1.05. The average Bonchev–Trinajstić information content (AvgIpc) is 2.33. The van der Waals surface area contributed by atoms with Gasteiger partial charge in [-0.3, -0.25) is 0 Å². The number of aliphatic hydroxyl groups excluding tert-OH is 1. The molecule has 0 saturated carbocycles. The third kappa shape index (κ3) is 3.85. The number of thioether (sulfide) groups is 1. The van der Waals surface area contributed by atoms with Crippen molar-refractivity contribution in [1.29, 1.82) is 0 Å². The third-order valence-corrected chi connectivity index (χ3v) is 4.22. The van der Waals surface area contributed by atoms with E-state index in [9.17, 15) is 5.11 Å². The van der Waals surface area contributed by atoms with E-state index in [-0.39, 0.29) is 11.4 Å². The monoisotopic (exact) mass is 269 g/mol. The Morgan fingerprint density at radius 1 is 1.33 bits per heavy atom. The molecule has 0 spiro atoms. The summed E-state index contributed by atoms with van der Waals surface area (Å²) in [5, 5.41) is 13.8. The van der Waals surface area contributed by atoms with Crippen LogP contribution in [0.15, 0.2) is 5.03 Å². The molecule has 5 heteroatoms. The molecule has 0 aromatic carbocycles. The summed E-state index contributed by atoms with van der Waals surface area (Å²) in [7, 11) is 1.87. The van der Waals surface area contributed by atoms with Crippen molar-refractivity contribution in [3.63, 3.8) is 0 Å². The summed E-state index contributed by atoms with van der Waals surface area (Å²) in [6.07, 6.45) is 1.56. The van der Waals surface area contributed by atoms with Crippen LogP contribution in [-0.2, 0) is 6.42 Å². The molecule has 0 fully saturated rings. The molecule has 0 radical (unpaired) electrons. The highest BCUT2D eigenvalue weighted by Gasteiger charge is 2.16. The van der Waals surface area contributed by atoms with Gasteiger partial charge in [-0.2, -0.15) is 0 Å². The molecule has 0 aliphatic rings. The molecule has 0 amide bonds. The molecule has 1 rings (SSSR count). The Kier molecular flexibility index (Phi) is 5.88. The molecular formula is C13H23N3OS. The Labute approximate surface area is 114 Å². The van der Waals surface area contributed by atoms with Crippen LogP contribution in [0.25, 0.3) is 0 Å². The number of rotatable bonds is 6. The second-order valence-corrected chi connectivity index (χ2v) is 5.85. The largest absolute Gasteiger partial charge is 0.392 e. The van der Waals surface area contributed by atoms with Crippen LogP contribution < -0.4 is 5.32 Å². The van der Waals surface area contributed by atoms with Gasteiger partial charge < -0.3 is 10.4 Å². The first-order valence-electron chi connectivity index (χ1n) is 6.39. The van der Waals surface area contributed by atoms with Gasteiger partial charge in [-0.15, -0.1) is 11.8 Å². The minimum Gasteiger partial charge on any atom is -0.392 e. The van der Waals surface area contributed by atoms with Gasteiger partial charge >= 0.3 is 0 Å². The van der Waals surface area contributed by atoms with Crippen LogP contribution in [0.4, 0.5) is 5.82 Å². The molecule has 1 heterocycles. The number of aliphatic hydroxyl groups is 1. The molecule has 4 nitrogen and oxygen atoms in total. The molecule has 1 aromatic rings. The van der Waals surface area contributed by atoms with E-state index < -0.39 is 0 Å². The summed E-state index contributed by atoms with van der Waals surface area (Å²) in [6, 6.07) is 0. The second-order valence-electron chi connectivity index (χ2n) is 4.48. The van der Waals surface area contributed by atoms with Crippen molar-refractivity contribution >= 4 is 17.6 Å². The van der Waals surface area contributed by atoms with Crippen LogP contribution in [0.1, 0.15) is 38.6 Å². The molecular weight excluding hydrogens is 246 g/mol. The predicted octanol–water partition coefficient (Wildman–Crippen LogP) is 2.64. The average molecular weight is 269 g/mol. The maximum Gasteiger partial charge on any atom is 0.133 e. The van der Waals surface area contributed by atoms with E-state index in [4.69, 9.17) is 0 Å². The first kappa shape index (κ1) is 15.2. The van der Waals surface area contributed by atoms with Gasteiger partial charge in [0.15, 0.2) is 0 Å². The summed E-state index contributed by atoms with van der Waals surface area (Å²) in [4.78, 5) is 9.09. The van der Waals surface area contributed by atoms with E-state index in [0.717, 1.165) is 35.1 Å². The fourth-order valence-corrected chi connectivity index (χ4v) is 2.49. The highest BCUT2D eigenvalue weighted by atomic mass is 32.2. The summed E-state index contributed by atoms with van der Waals surface area (Å²) < 4.78 is 0. The van der Waals surface area contributed by atoms with Gasteiger partial charge in [-0.05, 0) is 20.3 Å². The van der Waals surface area contributed by atoms with Crippen molar-refractivity contribution in [2.45, 2.75) is 56.9 Å². The quantitative estimate of drug-likeness (QED) is 0.614. The molecule has 0 saturated heterocycles. The van der Waals surface area contributed by atoms with Crippen LogP contribution >= 0.6 is 11.8 Å². The Morgan fingerprint density at radius 3 is 2.50 bits per heavy atom. The van der Waals surface area contributed by atoms with E-state index in [1.54, 1.807) is 18.7 Å². The Hall–Kier alpha value is -0.810. The van der Waals surface area contributed by atoms with E-state index in [1.807, 2.05) is 20.9 Å². The van der Waals surface area contributed by atoms with Crippen LogP contribution in [0.2, 0.25) is 0 Å². The van der Waals surface area contributed by atoms with Crippen molar-refractivity contribution in [1.82, 2.24) is 9.97 Å². The smallest absolute Gasteiger partial charge is 0.133 e. The normalized spacial score (nSPS) is 14.3. The lowest BCUT2D eigenvalue weighted by Gasteiger charge is -2.17. The van der Waals surface area contributed by atoms with Crippen molar-refractivity contribution in [2.75, 3.05) is 12.4 Å². The van der Waals surface area contributed by atoms with Crippen molar-refractivity contribution in [3.05, 3.63) is 11.4 Å². The van der Waals surface area contributed by atoms with Crippen molar-refractivity contribution in [2.24, 2.45) is 0 Å². The Bertz CT molecular complexity index is 396. The lowest BCUT2D eigenvalue weighted by molar-refractivity contribution is 0.196. The summed E-state index contributed by atoms with van der Waals surface area (Å²) in [5.74, 6) is 1.75. The van der Waals surface area contributed by atoms with E-state index >= 15 is 0 Å². The Morgan fingerprint density at radius 2 is 2.00 bits per heavy atom. The van der Waals surface area contributed by atoms with E-state index in [2.05, 4.69) is 22.2 Å². The minimum absolute atomic E-state index is 0.123. The van der Waals surface area contributed by atoms with Gasteiger partial charge in [0.2, 0.25) is 0 Å². The number of anilines is 1. The van der Waals surface area contributed by atoms with Gasteiger partial charge in [0.05, 0.1) is 6.10 Å². The van der Waals surface area contributed by atoms with Gasteiger partial charge in [-0.1, -0.05) is 13.8 Å². The van der Waals surface area contributed by atoms with Crippen LogP contribution in [0, 0.1) is 6.92 Å². The lowest BCUT2D eigenvalue weighted by atomic mass is 10.3. The van der Waals surface area contributed by atoms with Crippen LogP contribution in [0.5, 0.6) is 0 Å². The van der Waals surface area contributed by atoms with E-state index in [0.29, 0.717) is 0 Å². The molecule has 2 unspecified atom stereocenters. The van der Waals surface area contributed by atoms with Gasteiger partial charge in [-0.25, -0.2) is 9.97 Å². The number of nitrogens with one attached hydrogen (secondary N) is 1. The van der Waals surface area contributed by atoms with Gasteiger partial charge in [0.25, 0.3) is 0 Å². The number of hydrogen-bond acceptors (Lipinski definition) is 5. The number of hydrogen-bond donors (Lipinski definition) is 2. The zero-order chi connectivity index (χ0) is 13.7. The maximum atomic E-state index is 9.59. The topological polar surface area (TPSA) is 58.0 Å². The maximum absolute atomic E-state index is 9.59. The molecule has 102 valence electrons. The standard InChI is InChI=1S/C13H23N3OS/c1-6-7-11-15-12(14-5)8(2)13(16-11)18-10(4)9(3)17/h9-10,17H,6-7H2,1-5H3,(H,14,15,16). The molecule has 0 aliphatic heterocycles. The zero-order valence-electron chi connectivity index (χ0n) is 11.8. The van der Waals surface area contributed by atoms with Crippen LogP contribution in [-0.4, -0.2) is 33.5 Å². The highest BCUT2D eigenvalue weighted by Crippen LogP contribution is 2.29. The highest BCUT2D eigenvalue weighted by molar-refractivity contribution is 7.99. The molecule has 0 bridgehead atoms.